The van der Waals surface area contributed by atoms with Crippen molar-refractivity contribution in [3.63, 3.8) is 0 Å². The number of piperidine rings is 1. The molecule has 1 saturated heterocycles. The minimum absolute atomic E-state index is 0.0862. The summed E-state index contributed by atoms with van der Waals surface area (Å²) in [6, 6.07) is 7.39. The van der Waals surface area contributed by atoms with Crippen molar-refractivity contribution < 1.29 is 14.0 Å². The van der Waals surface area contributed by atoms with Crippen molar-refractivity contribution in [1.82, 2.24) is 15.2 Å². The van der Waals surface area contributed by atoms with Crippen molar-refractivity contribution in [2.24, 2.45) is 0 Å². The summed E-state index contributed by atoms with van der Waals surface area (Å²) in [5.74, 6) is 0.521. The maximum Gasteiger partial charge on any atom is 0.289 e. The number of carbonyl (C=O) groups excluding carboxylic acids is 2. The summed E-state index contributed by atoms with van der Waals surface area (Å²) in [6.45, 7) is 5.50. The molecule has 0 unspecified atom stereocenters. The first-order chi connectivity index (χ1) is 12.0. The van der Waals surface area contributed by atoms with Crippen LogP contribution in [0.2, 0.25) is 0 Å². The fraction of sp³-hybridized carbons (Fsp3) is 0.421. The Bertz CT molecular complexity index is 759. The Morgan fingerprint density at radius 1 is 1.12 bits per heavy atom. The van der Waals surface area contributed by atoms with Gasteiger partial charge in [-0.2, -0.15) is 0 Å². The molecule has 6 nitrogen and oxygen atoms in total. The molecule has 0 radical (unpaired) electrons. The zero-order valence-corrected chi connectivity index (χ0v) is 14.7. The summed E-state index contributed by atoms with van der Waals surface area (Å²) in [4.78, 5) is 30.6. The minimum Gasteiger partial charge on any atom is -0.436 e. The summed E-state index contributed by atoms with van der Waals surface area (Å²) in [5.41, 5.74) is 2.20. The van der Waals surface area contributed by atoms with E-state index in [0.717, 1.165) is 31.5 Å². The van der Waals surface area contributed by atoms with Crippen LogP contribution < -0.4 is 5.32 Å². The van der Waals surface area contributed by atoms with Gasteiger partial charge in [-0.3, -0.25) is 9.59 Å². The van der Waals surface area contributed by atoms with Gasteiger partial charge in [0.15, 0.2) is 5.89 Å². The maximum atomic E-state index is 12.4. The highest BCUT2D eigenvalue weighted by Crippen LogP contribution is 2.14. The second-order valence-electron chi connectivity index (χ2n) is 6.38. The highest BCUT2D eigenvalue weighted by atomic mass is 16.4. The number of nitrogens with zero attached hydrogens (tertiary/aromatic N) is 2. The number of aromatic nitrogens is 1. The van der Waals surface area contributed by atoms with Gasteiger partial charge in [0, 0.05) is 32.1 Å². The highest BCUT2D eigenvalue weighted by molar-refractivity contribution is 5.94. The Balaban J connectivity index is 1.58. The largest absolute Gasteiger partial charge is 0.436 e. The number of amides is 2. The van der Waals surface area contributed by atoms with Crippen molar-refractivity contribution in [3.05, 3.63) is 52.7 Å². The van der Waals surface area contributed by atoms with E-state index >= 15 is 0 Å². The topological polar surface area (TPSA) is 75.4 Å². The molecule has 1 aliphatic rings. The molecule has 1 aromatic carbocycles. The number of likely N-dealkylation sites (tertiary alicyclic amines) is 1. The van der Waals surface area contributed by atoms with Crippen molar-refractivity contribution in [1.29, 1.82) is 0 Å². The molecule has 2 aromatic rings. The predicted octanol–water partition coefficient (Wildman–Crippen LogP) is 2.85. The Hall–Kier alpha value is -2.63. The van der Waals surface area contributed by atoms with Crippen LogP contribution in [0, 0.1) is 13.8 Å². The average Bonchev–Trinajstić information content (AvgIpc) is 2.98. The molecule has 2 amide bonds. The summed E-state index contributed by atoms with van der Waals surface area (Å²) in [5, 5.41) is 2.81. The van der Waals surface area contributed by atoms with E-state index in [1.807, 2.05) is 29.2 Å². The summed E-state index contributed by atoms with van der Waals surface area (Å²) >= 11 is 0. The lowest BCUT2D eigenvalue weighted by atomic mass is 10.1. The van der Waals surface area contributed by atoms with E-state index < -0.39 is 0 Å². The smallest absolute Gasteiger partial charge is 0.289 e. The molecule has 0 spiro atoms. The van der Waals surface area contributed by atoms with Gasteiger partial charge in [0.25, 0.3) is 11.8 Å². The number of rotatable bonds is 4. The summed E-state index contributed by atoms with van der Waals surface area (Å²) < 4.78 is 5.31. The number of benzene rings is 1. The average molecular weight is 341 g/mol. The SMILES string of the molecule is Cc1nc(C)c(C(=O)NCc2ccc(C(=O)N3CCCCC3)cc2)o1. The highest BCUT2D eigenvalue weighted by Gasteiger charge is 2.18. The van der Waals surface area contributed by atoms with E-state index in [-0.39, 0.29) is 17.6 Å². The third kappa shape index (κ3) is 4.07. The standard InChI is InChI=1S/C19H23N3O3/c1-13-17(25-14(2)21-13)18(23)20-12-15-6-8-16(9-7-15)19(24)22-10-4-3-5-11-22/h6-9H,3-5,10-12H2,1-2H3,(H,20,23). The molecule has 0 saturated carbocycles. The third-order valence-corrected chi connectivity index (χ3v) is 4.41. The molecule has 0 bridgehead atoms. The summed E-state index contributed by atoms with van der Waals surface area (Å²) in [6.07, 6.45) is 3.36. The van der Waals surface area contributed by atoms with Crippen molar-refractivity contribution >= 4 is 11.8 Å². The Labute approximate surface area is 147 Å². The third-order valence-electron chi connectivity index (χ3n) is 4.41. The van der Waals surface area contributed by atoms with E-state index in [2.05, 4.69) is 10.3 Å². The van der Waals surface area contributed by atoms with Gasteiger partial charge in [0.1, 0.15) is 0 Å². The normalized spacial score (nSPS) is 14.4. The number of oxazole rings is 1. The first kappa shape index (κ1) is 17.2. The van der Waals surface area contributed by atoms with Gasteiger partial charge < -0.3 is 14.6 Å². The van der Waals surface area contributed by atoms with Gasteiger partial charge in [-0.25, -0.2) is 4.98 Å². The van der Waals surface area contributed by atoms with Crippen LogP contribution in [0.1, 0.15) is 57.3 Å². The van der Waals surface area contributed by atoms with Gasteiger partial charge in [-0.15, -0.1) is 0 Å². The fourth-order valence-corrected chi connectivity index (χ4v) is 3.05. The van der Waals surface area contributed by atoms with Crippen molar-refractivity contribution in [2.75, 3.05) is 13.1 Å². The van der Waals surface area contributed by atoms with Crippen LogP contribution in [0.4, 0.5) is 0 Å². The Kier molecular flexibility index (Phi) is 5.16. The van der Waals surface area contributed by atoms with Crippen LogP contribution in [0.5, 0.6) is 0 Å². The number of nitrogens with one attached hydrogen (secondary N) is 1. The Morgan fingerprint density at radius 2 is 1.80 bits per heavy atom. The summed E-state index contributed by atoms with van der Waals surface area (Å²) in [7, 11) is 0. The lowest BCUT2D eigenvalue weighted by molar-refractivity contribution is 0.0724. The molecule has 1 N–H and O–H groups in total. The monoisotopic (exact) mass is 341 g/mol. The first-order valence-electron chi connectivity index (χ1n) is 8.65. The van der Waals surface area contributed by atoms with Gasteiger partial charge in [-0.1, -0.05) is 12.1 Å². The van der Waals surface area contributed by atoms with Crippen LogP contribution in [0.3, 0.4) is 0 Å². The molecule has 6 heteroatoms. The van der Waals surface area contributed by atoms with E-state index in [4.69, 9.17) is 4.42 Å². The lowest BCUT2D eigenvalue weighted by Gasteiger charge is -2.26. The number of hydrogen-bond donors (Lipinski definition) is 1. The van der Waals surface area contributed by atoms with E-state index in [9.17, 15) is 9.59 Å². The molecule has 25 heavy (non-hydrogen) atoms. The van der Waals surface area contributed by atoms with Crippen LogP contribution in [0.25, 0.3) is 0 Å². The van der Waals surface area contributed by atoms with Gasteiger partial charge >= 0.3 is 0 Å². The fourth-order valence-electron chi connectivity index (χ4n) is 3.05. The number of hydrogen-bond acceptors (Lipinski definition) is 4. The lowest BCUT2D eigenvalue weighted by Crippen LogP contribution is -2.35. The molecule has 1 fully saturated rings. The number of carbonyl (C=O) groups is 2. The molecule has 0 atom stereocenters. The first-order valence-corrected chi connectivity index (χ1v) is 8.65. The van der Waals surface area contributed by atoms with Crippen LogP contribution in [-0.4, -0.2) is 34.8 Å². The van der Waals surface area contributed by atoms with Crippen LogP contribution in [0.15, 0.2) is 28.7 Å². The quantitative estimate of drug-likeness (QED) is 0.928. The number of aryl methyl sites for hydroxylation is 2. The Morgan fingerprint density at radius 3 is 2.40 bits per heavy atom. The second-order valence-corrected chi connectivity index (χ2v) is 6.38. The molecular weight excluding hydrogens is 318 g/mol. The van der Waals surface area contributed by atoms with Gasteiger partial charge in [0.05, 0.1) is 5.69 Å². The molecule has 1 aromatic heterocycles. The zero-order valence-electron chi connectivity index (χ0n) is 14.7. The molecule has 2 heterocycles. The van der Waals surface area contributed by atoms with E-state index in [1.165, 1.54) is 6.42 Å². The molecule has 0 aliphatic carbocycles. The van der Waals surface area contributed by atoms with Gasteiger partial charge in [0.2, 0.25) is 5.76 Å². The van der Waals surface area contributed by atoms with Crippen LogP contribution >= 0.6 is 0 Å². The molecular formula is C19H23N3O3. The molecule has 1 aliphatic heterocycles. The van der Waals surface area contributed by atoms with Crippen LogP contribution in [-0.2, 0) is 6.54 Å². The maximum absolute atomic E-state index is 12.4. The van der Waals surface area contributed by atoms with Crippen molar-refractivity contribution in [3.8, 4) is 0 Å². The van der Waals surface area contributed by atoms with Gasteiger partial charge in [-0.05, 0) is 43.9 Å². The van der Waals surface area contributed by atoms with Crippen molar-refractivity contribution in [2.45, 2.75) is 39.7 Å². The second kappa shape index (κ2) is 7.51. The molecule has 132 valence electrons. The predicted molar refractivity (Wildman–Crippen MR) is 93.3 cm³/mol. The van der Waals surface area contributed by atoms with E-state index in [1.54, 1.807) is 13.8 Å². The zero-order chi connectivity index (χ0) is 17.8. The minimum atomic E-state index is -0.286. The van der Waals surface area contributed by atoms with E-state index in [0.29, 0.717) is 23.7 Å². The molecule has 3 rings (SSSR count).